The van der Waals surface area contributed by atoms with Gasteiger partial charge < -0.3 is 20.3 Å². The van der Waals surface area contributed by atoms with Gasteiger partial charge in [0.05, 0.1) is 6.10 Å². The van der Waals surface area contributed by atoms with E-state index in [9.17, 15) is 19.4 Å². The highest BCUT2D eigenvalue weighted by atomic mass is 19.1. The summed E-state index contributed by atoms with van der Waals surface area (Å²) in [6, 6.07) is 2.51. The number of ether oxygens (including phenoxy) is 1. The van der Waals surface area contributed by atoms with Crippen LogP contribution in [0.25, 0.3) is 0 Å². The second-order valence-corrected chi connectivity index (χ2v) is 5.94. The summed E-state index contributed by atoms with van der Waals surface area (Å²) in [6.45, 7) is 5.23. The van der Waals surface area contributed by atoms with E-state index in [1.807, 2.05) is 0 Å². The van der Waals surface area contributed by atoms with Gasteiger partial charge in [-0.25, -0.2) is 14.2 Å². The number of alkyl carbamates (subject to hydrolysis) is 1. The Hall–Kier alpha value is -2.24. The van der Waals surface area contributed by atoms with E-state index in [1.165, 1.54) is 0 Å². The van der Waals surface area contributed by atoms with Crippen LogP contribution in [0.1, 0.15) is 44.6 Å². The van der Waals surface area contributed by atoms with Crippen molar-refractivity contribution >= 4 is 6.09 Å². The van der Waals surface area contributed by atoms with Crippen LogP contribution in [0.15, 0.2) is 12.3 Å². The minimum Gasteiger partial charge on any atom is -0.444 e. The van der Waals surface area contributed by atoms with Gasteiger partial charge in [0.2, 0.25) is 0 Å². The molecule has 1 heterocycles. The normalized spacial score (nSPS) is 13.8. The molecule has 0 saturated carbocycles. The van der Waals surface area contributed by atoms with E-state index in [-0.39, 0.29) is 24.2 Å². The van der Waals surface area contributed by atoms with Gasteiger partial charge in [-0.3, -0.25) is 0 Å². The summed E-state index contributed by atoms with van der Waals surface area (Å²) in [6.07, 6.45) is -2.10. The largest absolute Gasteiger partial charge is 0.444 e. The monoisotopic (exact) mass is 325 g/mol. The number of nitrogens with zero attached hydrogens (tertiary/aromatic N) is 2. The van der Waals surface area contributed by atoms with Crippen LogP contribution >= 0.6 is 0 Å². The van der Waals surface area contributed by atoms with Crippen molar-refractivity contribution in [1.29, 1.82) is 5.26 Å². The minimum absolute atomic E-state index is 0.0298. The number of aliphatic hydroxyl groups is 2. The topological polar surface area (TPSA) is 115 Å². The highest BCUT2D eigenvalue weighted by Gasteiger charge is 2.21. The van der Waals surface area contributed by atoms with Crippen LogP contribution < -0.4 is 5.32 Å². The second kappa shape index (κ2) is 7.85. The smallest absolute Gasteiger partial charge is 0.407 e. The van der Waals surface area contributed by atoms with Crippen molar-refractivity contribution in [1.82, 2.24) is 10.3 Å². The Morgan fingerprint density at radius 1 is 1.52 bits per heavy atom. The van der Waals surface area contributed by atoms with Gasteiger partial charge in [0.1, 0.15) is 17.8 Å². The first-order valence-electron chi connectivity index (χ1n) is 7.02. The second-order valence-electron chi connectivity index (χ2n) is 5.94. The zero-order chi connectivity index (χ0) is 17.6. The number of aromatic nitrogens is 1. The molecule has 0 aliphatic carbocycles. The number of hydrogen-bond donors (Lipinski definition) is 3. The zero-order valence-electron chi connectivity index (χ0n) is 13.2. The molecule has 2 unspecified atom stereocenters. The summed E-state index contributed by atoms with van der Waals surface area (Å²) >= 11 is 0. The summed E-state index contributed by atoms with van der Waals surface area (Å²) in [5.41, 5.74) is -0.971. The molecule has 7 nitrogen and oxygen atoms in total. The predicted molar refractivity (Wildman–Crippen MR) is 78.7 cm³/mol. The van der Waals surface area contributed by atoms with Gasteiger partial charge in [0.25, 0.3) is 0 Å². The number of amides is 1. The molecule has 0 aromatic carbocycles. The van der Waals surface area contributed by atoms with E-state index in [4.69, 9.17) is 10.00 Å². The third kappa shape index (κ3) is 6.18. The maximum absolute atomic E-state index is 13.4. The molecule has 0 fully saturated rings. The van der Waals surface area contributed by atoms with Crippen LogP contribution in [0.2, 0.25) is 0 Å². The van der Waals surface area contributed by atoms with Crippen molar-refractivity contribution in [3.63, 3.8) is 0 Å². The first kappa shape index (κ1) is 18.8. The maximum Gasteiger partial charge on any atom is 0.407 e. The molecule has 1 aromatic rings. The van der Waals surface area contributed by atoms with Crippen molar-refractivity contribution in [2.45, 2.75) is 45.0 Å². The number of rotatable bonds is 5. The number of halogens is 1. The third-order valence-corrected chi connectivity index (χ3v) is 2.78. The molecular formula is C15H20FN3O4. The Labute approximate surface area is 133 Å². The first-order valence-corrected chi connectivity index (χ1v) is 7.02. The predicted octanol–water partition coefficient (Wildman–Crippen LogP) is 1.40. The fourth-order valence-electron chi connectivity index (χ4n) is 1.71. The van der Waals surface area contributed by atoms with E-state index in [0.29, 0.717) is 0 Å². The van der Waals surface area contributed by atoms with E-state index in [1.54, 1.807) is 26.8 Å². The van der Waals surface area contributed by atoms with Crippen LogP contribution in [-0.4, -0.2) is 39.5 Å². The SMILES string of the molecule is CC(C)(C)OC(=O)NCCC(O)C(O)c1cnc(C#N)c(F)c1. The number of nitrogens with one attached hydrogen (secondary N) is 1. The molecule has 0 bridgehead atoms. The highest BCUT2D eigenvalue weighted by molar-refractivity contribution is 5.67. The summed E-state index contributed by atoms with van der Waals surface area (Å²) in [4.78, 5) is 15.0. The fourth-order valence-corrected chi connectivity index (χ4v) is 1.71. The third-order valence-electron chi connectivity index (χ3n) is 2.78. The van der Waals surface area contributed by atoms with Crippen molar-refractivity contribution < 1.29 is 24.1 Å². The number of pyridine rings is 1. The molecule has 1 amide bonds. The molecule has 126 valence electrons. The van der Waals surface area contributed by atoms with E-state index >= 15 is 0 Å². The van der Waals surface area contributed by atoms with Crippen LogP contribution in [0, 0.1) is 17.1 Å². The summed E-state index contributed by atoms with van der Waals surface area (Å²) in [7, 11) is 0. The fraction of sp³-hybridized carbons (Fsp3) is 0.533. The van der Waals surface area contributed by atoms with E-state index in [0.717, 1.165) is 12.3 Å². The number of hydrogen-bond acceptors (Lipinski definition) is 6. The highest BCUT2D eigenvalue weighted by Crippen LogP contribution is 2.19. The Balaban J connectivity index is 2.51. The lowest BCUT2D eigenvalue weighted by atomic mass is 10.0. The van der Waals surface area contributed by atoms with Gasteiger partial charge in [0, 0.05) is 18.3 Å². The Morgan fingerprint density at radius 3 is 2.70 bits per heavy atom. The summed E-state index contributed by atoms with van der Waals surface area (Å²) in [5.74, 6) is -0.872. The lowest BCUT2D eigenvalue weighted by Gasteiger charge is -2.21. The average molecular weight is 325 g/mol. The molecule has 8 heteroatoms. The van der Waals surface area contributed by atoms with E-state index < -0.39 is 29.7 Å². The molecule has 0 aliphatic heterocycles. The van der Waals surface area contributed by atoms with Gasteiger partial charge in [-0.1, -0.05) is 0 Å². The van der Waals surface area contributed by atoms with Crippen LogP contribution in [-0.2, 0) is 4.74 Å². The number of carbonyl (C=O) groups is 1. The van der Waals surface area contributed by atoms with Crippen LogP contribution in [0.3, 0.4) is 0 Å². The van der Waals surface area contributed by atoms with E-state index in [2.05, 4.69) is 10.3 Å². The molecule has 2 atom stereocenters. The molecule has 0 spiro atoms. The number of aliphatic hydroxyl groups excluding tert-OH is 2. The lowest BCUT2D eigenvalue weighted by molar-refractivity contribution is 0.0119. The molecule has 23 heavy (non-hydrogen) atoms. The quantitative estimate of drug-likeness (QED) is 0.753. The van der Waals surface area contributed by atoms with Crippen LogP contribution in [0.4, 0.5) is 9.18 Å². The standard InChI is InChI=1S/C15H20FN3O4/c1-15(2,3)23-14(22)18-5-4-12(20)13(21)9-6-10(16)11(7-17)19-8-9/h6,8,12-13,20-21H,4-5H2,1-3H3,(H,18,22). The van der Waals surface area contributed by atoms with Crippen molar-refractivity contribution in [2.24, 2.45) is 0 Å². The van der Waals surface area contributed by atoms with Crippen molar-refractivity contribution in [3.8, 4) is 6.07 Å². The minimum atomic E-state index is -1.38. The first-order chi connectivity index (χ1) is 10.6. The Kier molecular flexibility index (Phi) is 6.42. The van der Waals surface area contributed by atoms with Crippen LogP contribution in [0.5, 0.6) is 0 Å². The summed E-state index contributed by atoms with van der Waals surface area (Å²) in [5, 5.41) is 30.9. The maximum atomic E-state index is 13.4. The lowest BCUT2D eigenvalue weighted by Crippen LogP contribution is -2.34. The van der Waals surface area contributed by atoms with Gasteiger partial charge in [0.15, 0.2) is 11.5 Å². The van der Waals surface area contributed by atoms with Crippen molar-refractivity contribution in [2.75, 3.05) is 6.54 Å². The Bertz CT molecular complexity index is 595. The Morgan fingerprint density at radius 2 is 2.17 bits per heavy atom. The van der Waals surface area contributed by atoms with Gasteiger partial charge in [-0.2, -0.15) is 5.26 Å². The van der Waals surface area contributed by atoms with Crippen molar-refractivity contribution in [3.05, 3.63) is 29.3 Å². The average Bonchev–Trinajstić information content (AvgIpc) is 2.44. The van der Waals surface area contributed by atoms with Gasteiger partial charge in [-0.05, 0) is 33.3 Å². The van der Waals surface area contributed by atoms with Gasteiger partial charge in [-0.15, -0.1) is 0 Å². The molecule has 1 rings (SSSR count). The molecule has 0 radical (unpaired) electrons. The number of carbonyl (C=O) groups excluding carboxylic acids is 1. The van der Waals surface area contributed by atoms with Gasteiger partial charge >= 0.3 is 6.09 Å². The molecular weight excluding hydrogens is 305 g/mol. The summed E-state index contributed by atoms with van der Waals surface area (Å²) < 4.78 is 18.5. The molecule has 1 aromatic heterocycles. The zero-order valence-corrected chi connectivity index (χ0v) is 13.2. The molecule has 0 saturated heterocycles. The molecule has 3 N–H and O–H groups in total. The number of nitriles is 1. The molecule has 0 aliphatic rings.